The van der Waals surface area contributed by atoms with Gasteiger partial charge in [0, 0.05) is 55.3 Å². The summed E-state index contributed by atoms with van der Waals surface area (Å²) in [4.78, 5) is 56.8. The average Bonchev–Trinajstić information content (AvgIpc) is 3.09. The number of carboxylic acids is 2. The van der Waals surface area contributed by atoms with Crippen molar-refractivity contribution in [2.75, 3.05) is 6.54 Å². The third kappa shape index (κ3) is 5.50. The molecule has 0 radical (unpaired) electrons. The number of nitrogens with one attached hydrogen (secondary N) is 1. The van der Waals surface area contributed by atoms with Crippen LogP contribution in [0.15, 0.2) is 12.2 Å². The normalized spacial score (nSPS) is 38.0. The molecule has 4 fully saturated rings. The van der Waals surface area contributed by atoms with Crippen molar-refractivity contribution in [2.45, 2.75) is 77.7 Å². The predicted molar refractivity (Wildman–Crippen MR) is 127 cm³/mol. The predicted octanol–water partition coefficient (Wildman–Crippen LogP) is 2.32. The molecule has 4 aliphatic carbocycles. The molecule has 7 atom stereocenters. The lowest BCUT2D eigenvalue weighted by atomic mass is 9.45. The molecular weight excluding hydrogens is 452 g/mol. The topological polar surface area (TPSA) is 164 Å². The molecule has 35 heavy (non-hydrogen) atoms. The SMILES string of the molecule is C[C@]12CC[C@H](NC(=O)CCN)CC1C(=O)C[C@@H]1[C@@H]2CC[C@]2(C)C(=O)CC[C@@H]12.O=C(O)/C=C/C(=O)O. The van der Waals surface area contributed by atoms with Crippen molar-refractivity contribution in [2.24, 2.45) is 40.2 Å². The van der Waals surface area contributed by atoms with Gasteiger partial charge in [-0.2, -0.15) is 0 Å². The van der Waals surface area contributed by atoms with E-state index in [9.17, 15) is 24.0 Å². The molecule has 9 heteroatoms. The molecule has 9 nitrogen and oxygen atoms in total. The van der Waals surface area contributed by atoms with Crippen LogP contribution in [0.25, 0.3) is 0 Å². The number of nitrogens with two attached hydrogens (primary N) is 1. The maximum atomic E-state index is 13.2. The minimum Gasteiger partial charge on any atom is -0.478 e. The Labute approximate surface area is 205 Å². The van der Waals surface area contributed by atoms with Crippen LogP contribution in [-0.2, 0) is 24.0 Å². The van der Waals surface area contributed by atoms with Crippen molar-refractivity contribution in [3.05, 3.63) is 12.2 Å². The second kappa shape index (κ2) is 10.6. The number of hydrogen-bond acceptors (Lipinski definition) is 6. The fourth-order valence-corrected chi connectivity index (χ4v) is 7.52. The fourth-order valence-electron chi connectivity index (χ4n) is 7.52. The number of hydrogen-bond donors (Lipinski definition) is 4. The molecular formula is C26H38N2O7. The Kier molecular flexibility index (Phi) is 8.19. The molecule has 0 aromatic rings. The van der Waals surface area contributed by atoms with Crippen molar-refractivity contribution >= 4 is 29.4 Å². The van der Waals surface area contributed by atoms with E-state index >= 15 is 0 Å². The Bertz CT molecular complexity index is 899. The van der Waals surface area contributed by atoms with Gasteiger partial charge in [0.1, 0.15) is 11.6 Å². The van der Waals surface area contributed by atoms with E-state index in [4.69, 9.17) is 15.9 Å². The minimum absolute atomic E-state index is 0.00476. The zero-order valence-electron chi connectivity index (χ0n) is 20.6. The Balaban J connectivity index is 0.000000371. The maximum absolute atomic E-state index is 13.2. The molecule has 194 valence electrons. The van der Waals surface area contributed by atoms with Crippen LogP contribution in [0.5, 0.6) is 0 Å². The van der Waals surface area contributed by atoms with Crippen LogP contribution >= 0.6 is 0 Å². The summed E-state index contributed by atoms with van der Waals surface area (Å²) in [6.45, 7) is 4.84. The third-order valence-corrected chi connectivity index (χ3v) is 9.27. The van der Waals surface area contributed by atoms with Crippen LogP contribution in [0.1, 0.15) is 71.6 Å². The summed E-state index contributed by atoms with van der Waals surface area (Å²) in [6, 6.07) is 0.101. The molecule has 1 unspecified atom stereocenters. The molecule has 4 saturated carbocycles. The number of aliphatic carboxylic acids is 2. The van der Waals surface area contributed by atoms with E-state index in [0.717, 1.165) is 38.5 Å². The molecule has 4 aliphatic rings. The largest absolute Gasteiger partial charge is 0.478 e. The second-order valence-corrected chi connectivity index (χ2v) is 11.1. The highest BCUT2D eigenvalue weighted by Crippen LogP contribution is 2.64. The van der Waals surface area contributed by atoms with Gasteiger partial charge in [-0.25, -0.2) is 9.59 Å². The van der Waals surface area contributed by atoms with E-state index in [0.29, 0.717) is 67.3 Å². The molecule has 0 aromatic heterocycles. The van der Waals surface area contributed by atoms with Gasteiger partial charge in [-0.3, -0.25) is 14.4 Å². The standard InChI is InChI=1S/C22H34N2O3.C4H4O4/c1-21-8-5-13(24-20(27)7-10-23)11-17(21)18(25)12-14-15-3-4-19(26)22(15,2)9-6-16(14)21;5-3(6)1-2-4(7)8/h13-17H,3-12,23H2,1-2H3,(H,24,27);1-2H,(H,5,6)(H,7,8)/b;2-1+/t13-,14-,15-,16-,17?,21+,22-;/m0./s1. The van der Waals surface area contributed by atoms with Gasteiger partial charge in [0.05, 0.1) is 0 Å². The first kappa shape index (κ1) is 27.0. The van der Waals surface area contributed by atoms with Crippen molar-refractivity contribution in [3.8, 4) is 0 Å². The number of ketones is 2. The summed E-state index contributed by atoms with van der Waals surface area (Å²) in [5.41, 5.74) is 5.33. The van der Waals surface area contributed by atoms with E-state index in [1.54, 1.807) is 0 Å². The molecule has 0 aliphatic heterocycles. The molecule has 0 bridgehead atoms. The maximum Gasteiger partial charge on any atom is 0.328 e. The Morgan fingerprint density at radius 3 is 2.29 bits per heavy atom. The fraction of sp³-hybridized carbons (Fsp3) is 0.731. The van der Waals surface area contributed by atoms with Crippen LogP contribution in [-0.4, -0.2) is 52.2 Å². The van der Waals surface area contributed by atoms with E-state index in [1.807, 2.05) is 0 Å². The molecule has 5 N–H and O–H groups in total. The highest BCUT2D eigenvalue weighted by Gasteiger charge is 2.62. The summed E-state index contributed by atoms with van der Waals surface area (Å²) in [5.74, 6) is -0.330. The van der Waals surface area contributed by atoms with Gasteiger partial charge in [0.15, 0.2) is 0 Å². The number of fused-ring (bicyclic) bond motifs is 5. The molecule has 0 saturated heterocycles. The molecule has 0 aromatic carbocycles. The monoisotopic (exact) mass is 490 g/mol. The number of Topliss-reactive ketones (excluding diaryl/α,β-unsaturated/α-hetero) is 2. The van der Waals surface area contributed by atoms with Crippen molar-refractivity contribution < 1.29 is 34.2 Å². The van der Waals surface area contributed by atoms with Gasteiger partial charge in [-0.15, -0.1) is 0 Å². The van der Waals surface area contributed by atoms with Crippen molar-refractivity contribution in [3.63, 3.8) is 0 Å². The molecule has 0 spiro atoms. The Hall–Kier alpha value is -2.55. The van der Waals surface area contributed by atoms with Gasteiger partial charge in [-0.05, 0) is 61.7 Å². The van der Waals surface area contributed by atoms with E-state index in [-0.39, 0.29) is 28.7 Å². The zero-order chi connectivity index (χ0) is 26.0. The zero-order valence-corrected chi connectivity index (χ0v) is 20.6. The molecule has 0 heterocycles. The second-order valence-electron chi connectivity index (χ2n) is 11.1. The lowest BCUT2D eigenvalue weighted by molar-refractivity contribution is -0.157. The smallest absolute Gasteiger partial charge is 0.328 e. The number of carboxylic acid groups (broad SMARTS) is 2. The minimum atomic E-state index is -1.26. The summed E-state index contributed by atoms with van der Waals surface area (Å²) >= 11 is 0. The summed E-state index contributed by atoms with van der Waals surface area (Å²) in [5, 5.41) is 18.7. The number of amides is 1. The molecule has 4 rings (SSSR count). The first-order valence-electron chi connectivity index (χ1n) is 12.6. The van der Waals surface area contributed by atoms with Gasteiger partial charge >= 0.3 is 11.9 Å². The Morgan fingerprint density at radius 2 is 1.69 bits per heavy atom. The number of carbonyl (C=O) groups is 5. The summed E-state index contributed by atoms with van der Waals surface area (Å²) in [6.07, 6.45) is 8.57. The number of rotatable bonds is 5. The van der Waals surface area contributed by atoms with E-state index in [1.165, 1.54) is 0 Å². The molecule has 1 amide bonds. The van der Waals surface area contributed by atoms with Crippen LogP contribution in [0, 0.1) is 34.5 Å². The lowest BCUT2D eigenvalue weighted by Crippen LogP contribution is -2.58. The van der Waals surface area contributed by atoms with Crippen molar-refractivity contribution in [1.82, 2.24) is 5.32 Å². The van der Waals surface area contributed by atoms with E-state index in [2.05, 4.69) is 19.2 Å². The number of carbonyl (C=O) groups excluding carboxylic acids is 3. The van der Waals surface area contributed by atoms with Gasteiger partial charge in [0.2, 0.25) is 5.91 Å². The van der Waals surface area contributed by atoms with Crippen LogP contribution in [0.2, 0.25) is 0 Å². The van der Waals surface area contributed by atoms with Gasteiger partial charge < -0.3 is 21.3 Å². The van der Waals surface area contributed by atoms with E-state index < -0.39 is 11.9 Å². The van der Waals surface area contributed by atoms with Gasteiger partial charge in [-0.1, -0.05) is 13.8 Å². The van der Waals surface area contributed by atoms with Crippen LogP contribution in [0.3, 0.4) is 0 Å². The highest BCUT2D eigenvalue weighted by molar-refractivity contribution is 5.90. The third-order valence-electron chi connectivity index (χ3n) is 9.27. The first-order chi connectivity index (χ1) is 16.4. The van der Waals surface area contributed by atoms with Crippen LogP contribution in [0.4, 0.5) is 0 Å². The first-order valence-corrected chi connectivity index (χ1v) is 12.6. The Morgan fingerprint density at radius 1 is 1.03 bits per heavy atom. The van der Waals surface area contributed by atoms with Gasteiger partial charge in [0.25, 0.3) is 0 Å². The summed E-state index contributed by atoms with van der Waals surface area (Å²) in [7, 11) is 0. The lowest BCUT2D eigenvalue weighted by Gasteiger charge is -2.59. The quantitative estimate of drug-likeness (QED) is 0.426. The van der Waals surface area contributed by atoms with Crippen LogP contribution < -0.4 is 11.1 Å². The highest BCUT2D eigenvalue weighted by atomic mass is 16.4. The summed E-state index contributed by atoms with van der Waals surface area (Å²) < 4.78 is 0. The average molecular weight is 491 g/mol. The van der Waals surface area contributed by atoms with Crippen molar-refractivity contribution in [1.29, 1.82) is 0 Å².